The van der Waals surface area contributed by atoms with Crippen molar-refractivity contribution in [1.29, 1.82) is 0 Å². The highest BCUT2D eigenvalue weighted by atomic mass is 16.6. The predicted molar refractivity (Wildman–Crippen MR) is 161 cm³/mol. The molecular weight excluding hydrogens is 568 g/mol. The van der Waals surface area contributed by atoms with E-state index in [1.54, 1.807) is 26.8 Å². The third-order valence-corrected chi connectivity index (χ3v) is 9.75. The standard InChI is InChI=1S/C34H50O10/c1-11-17(4)14-15-23(36)42-31-27(34(10)16-40-34)26-24(20(7)29(31)43-32(38)18(5)12-2)30(44-33(39)19(6)13-3)28(37)25(26)21(8)41-22(9)35/h14,18-19,21,24-27,29-31H,7,11-13,15-16H2,1-6,8-10H3/t18-,19-,21+,24-,25-,26+,27+,29+,30+,31-,34+/m1/s1. The van der Waals surface area contributed by atoms with Crippen molar-refractivity contribution in [3.63, 3.8) is 0 Å². The van der Waals surface area contributed by atoms with Crippen molar-refractivity contribution in [2.45, 2.75) is 118 Å². The van der Waals surface area contributed by atoms with E-state index in [1.165, 1.54) is 6.92 Å². The fourth-order valence-electron chi connectivity index (χ4n) is 6.45. The van der Waals surface area contributed by atoms with Crippen LogP contribution in [-0.4, -0.2) is 66.3 Å². The van der Waals surface area contributed by atoms with Crippen molar-refractivity contribution in [3.05, 3.63) is 23.8 Å². The minimum atomic E-state index is -1.25. The molecule has 0 aromatic carbocycles. The van der Waals surface area contributed by atoms with Gasteiger partial charge in [-0.1, -0.05) is 52.8 Å². The molecule has 11 atom stereocenters. The topological polar surface area (TPSA) is 135 Å². The summed E-state index contributed by atoms with van der Waals surface area (Å²) < 4.78 is 29.6. The number of epoxide rings is 1. The van der Waals surface area contributed by atoms with Gasteiger partial charge in [0, 0.05) is 18.8 Å². The Hall–Kier alpha value is -3.01. The second-order valence-corrected chi connectivity index (χ2v) is 12.9. The summed E-state index contributed by atoms with van der Waals surface area (Å²) in [5.74, 6) is -6.50. The maximum absolute atomic E-state index is 14.2. The number of carbonyl (C=O) groups is 5. The monoisotopic (exact) mass is 618 g/mol. The number of esters is 4. The molecule has 1 aliphatic heterocycles. The number of allylic oxidation sites excluding steroid dienone is 1. The average Bonchev–Trinajstić information content (AvgIpc) is 3.65. The minimum absolute atomic E-state index is 0.00835. The summed E-state index contributed by atoms with van der Waals surface area (Å²) in [5.41, 5.74) is 0.485. The summed E-state index contributed by atoms with van der Waals surface area (Å²) in [6.07, 6.45) is -0.695. The number of ether oxygens (including phenoxy) is 5. The van der Waals surface area contributed by atoms with Gasteiger partial charge in [0.2, 0.25) is 0 Å². The summed E-state index contributed by atoms with van der Waals surface area (Å²) >= 11 is 0. The van der Waals surface area contributed by atoms with E-state index in [1.807, 2.05) is 34.6 Å². The molecule has 3 rings (SSSR count). The van der Waals surface area contributed by atoms with Gasteiger partial charge >= 0.3 is 23.9 Å². The van der Waals surface area contributed by atoms with Crippen molar-refractivity contribution < 1.29 is 47.7 Å². The molecule has 0 bridgehead atoms. The normalized spacial score (nSPS) is 33.5. The lowest BCUT2D eigenvalue weighted by molar-refractivity contribution is -0.186. The van der Waals surface area contributed by atoms with Gasteiger partial charge < -0.3 is 23.7 Å². The molecule has 0 unspecified atom stereocenters. The maximum atomic E-state index is 14.2. The molecule has 3 fully saturated rings. The Labute approximate surface area is 261 Å². The first-order valence-corrected chi connectivity index (χ1v) is 15.9. The molecule has 0 amide bonds. The first-order valence-electron chi connectivity index (χ1n) is 15.9. The van der Waals surface area contributed by atoms with Crippen molar-refractivity contribution >= 4 is 29.7 Å². The van der Waals surface area contributed by atoms with Crippen LogP contribution in [0.15, 0.2) is 23.8 Å². The van der Waals surface area contributed by atoms with Gasteiger partial charge in [-0.05, 0) is 51.5 Å². The van der Waals surface area contributed by atoms with Crippen molar-refractivity contribution in [1.82, 2.24) is 0 Å². The Morgan fingerprint density at radius 1 is 0.977 bits per heavy atom. The lowest BCUT2D eigenvalue weighted by Gasteiger charge is -2.48. The Bertz CT molecular complexity index is 1170. The molecule has 10 heteroatoms. The molecule has 3 aliphatic rings. The zero-order valence-corrected chi connectivity index (χ0v) is 27.7. The summed E-state index contributed by atoms with van der Waals surface area (Å²) in [5, 5.41) is 0. The second-order valence-electron chi connectivity index (χ2n) is 12.9. The summed E-state index contributed by atoms with van der Waals surface area (Å²) in [4.78, 5) is 65.9. The molecule has 0 spiro atoms. The fraction of sp³-hybridized carbons (Fsp3) is 0.735. The van der Waals surface area contributed by atoms with E-state index in [2.05, 4.69) is 6.58 Å². The number of carbonyl (C=O) groups excluding carboxylic acids is 5. The van der Waals surface area contributed by atoms with E-state index in [9.17, 15) is 24.0 Å². The molecule has 0 N–H and O–H groups in total. The van der Waals surface area contributed by atoms with Crippen LogP contribution in [0.5, 0.6) is 0 Å². The third-order valence-electron chi connectivity index (χ3n) is 9.75. The highest BCUT2D eigenvalue weighted by Gasteiger charge is 2.70. The van der Waals surface area contributed by atoms with E-state index < -0.39 is 95.2 Å². The van der Waals surface area contributed by atoms with Gasteiger partial charge in [0.25, 0.3) is 0 Å². The van der Waals surface area contributed by atoms with E-state index in [-0.39, 0.29) is 6.42 Å². The average molecular weight is 619 g/mol. The second kappa shape index (κ2) is 14.4. The maximum Gasteiger partial charge on any atom is 0.310 e. The van der Waals surface area contributed by atoms with E-state index in [4.69, 9.17) is 23.7 Å². The van der Waals surface area contributed by atoms with Gasteiger partial charge in [-0.2, -0.15) is 0 Å². The van der Waals surface area contributed by atoms with Gasteiger partial charge in [-0.25, -0.2) is 0 Å². The summed E-state index contributed by atoms with van der Waals surface area (Å²) in [6, 6.07) is 0. The first-order chi connectivity index (χ1) is 20.6. The van der Waals surface area contributed by atoms with E-state index in [0.717, 1.165) is 12.0 Å². The van der Waals surface area contributed by atoms with Crippen molar-refractivity contribution in [2.75, 3.05) is 6.61 Å². The zero-order valence-electron chi connectivity index (χ0n) is 27.7. The fourth-order valence-corrected chi connectivity index (χ4v) is 6.45. The van der Waals surface area contributed by atoms with Crippen molar-refractivity contribution in [2.24, 2.45) is 35.5 Å². The molecule has 44 heavy (non-hydrogen) atoms. The number of Topliss-reactive ketones (excluding diaryl/α,β-unsaturated/α-hetero) is 1. The van der Waals surface area contributed by atoms with Crippen LogP contribution in [-0.2, 0) is 47.7 Å². The lowest BCUT2D eigenvalue weighted by Crippen LogP contribution is -2.58. The van der Waals surface area contributed by atoms with E-state index in [0.29, 0.717) is 25.0 Å². The Kier molecular flexibility index (Phi) is 11.6. The molecule has 2 aliphatic carbocycles. The van der Waals surface area contributed by atoms with Crippen LogP contribution >= 0.6 is 0 Å². The van der Waals surface area contributed by atoms with Gasteiger partial charge in [0.05, 0.1) is 36.4 Å². The molecule has 2 saturated carbocycles. The largest absolute Gasteiger partial charge is 0.462 e. The minimum Gasteiger partial charge on any atom is -0.462 e. The van der Waals surface area contributed by atoms with Crippen LogP contribution in [0.1, 0.15) is 88.0 Å². The van der Waals surface area contributed by atoms with Crippen LogP contribution in [0.4, 0.5) is 0 Å². The van der Waals surface area contributed by atoms with Gasteiger partial charge in [0.15, 0.2) is 18.0 Å². The summed E-state index contributed by atoms with van der Waals surface area (Å²) in [6.45, 7) is 20.4. The Balaban J connectivity index is 2.18. The lowest BCUT2D eigenvalue weighted by atomic mass is 9.61. The highest BCUT2D eigenvalue weighted by Crippen LogP contribution is 2.59. The van der Waals surface area contributed by atoms with Crippen LogP contribution in [0.3, 0.4) is 0 Å². The third kappa shape index (κ3) is 7.44. The number of fused-ring (bicyclic) bond motifs is 1. The number of hydrogen-bond acceptors (Lipinski definition) is 10. The SMILES string of the molecule is C=C1[C@@H]2[C@@H]([C@@H]([C@H](C)OC(C)=O)C(=O)[C@H]2OC(=O)[C@H](C)CC)[C@H]([C@]2(C)CO2)[C@@H](OC(=O)CC=C(C)CC)[C@H]1OC(=O)[C@H](C)CC. The smallest absolute Gasteiger partial charge is 0.310 e. The summed E-state index contributed by atoms with van der Waals surface area (Å²) in [7, 11) is 0. The molecule has 0 radical (unpaired) electrons. The predicted octanol–water partition coefficient (Wildman–Crippen LogP) is 4.92. The zero-order chi connectivity index (χ0) is 33.1. The van der Waals surface area contributed by atoms with Crippen molar-refractivity contribution in [3.8, 4) is 0 Å². The molecule has 246 valence electrons. The molecule has 0 aromatic rings. The van der Waals surface area contributed by atoms with Crippen LogP contribution in [0.25, 0.3) is 0 Å². The highest BCUT2D eigenvalue weighted by molar-refractivity contribution is 5.92. The van der Waals surface area contributed by atoms with E-state index >= 15 is 0 Å². The number of ketones is 1. The van der Waals surface area contributed by atoms with Crippen LogP contribution in [0.2, 0.25) is 0 Å². The number of rotatable bonds is 13. The molecule has 1 saturated heterocycles. The van der Waals surface area contributed by atoms with Gasteiger partial charge in [-0.15, -0.1) is 0 Å². The molecule has 10 nitrogen and oxygen atoms in total. The first kappa shape index (κ1) is 35.5. The van der Waals surface area contributed by atoms with Crippen LogP contribution in [0, 0.1) is 35.5 Å². The van der Waals surface area contributed by atoms with Gasteiger partial charge in [0.1, 0.15) is 12.2 Å². The Morgan fingerprint density at radius 3 is 2.00 bits per heavy atom. The molecular formula is C34H50O10. The number of hydrogen-bond donors (Lipinski definition) is 0. The quantitative estimate of drug-likeness (QED) is 0.121. The molecule has 1 heterocycles. The molecule has 0 aromatic heterocycles. The van der Waals surface area contributed by atoms with Gasteiger partial charge in [-0.3, -0.25) is 24.0 Å². The van der Waals surface area contributed by atoms with Crippen LogP contribution < -0.4 is 0 Å². The Morgan fingerprint density at radius 2 is 1.52 bits per heavy atom.